The summed E-state index contributed by atoms with van der Waals surface area (Å²) in [7, 11) is 0. The molecule has 1 amide bonds. The van der Waals surface area contributed by atoms with Crippen molar-refractivity contribution in [1.29, 1.82) is 0 Å². The van der Waals surface area contributed by atoms with Crippen LogP contribution in [0, 0.1) is 27.7 Å². The van der Waals surface area contributed by atoms with Crippen molar-refractivity contribution >= 4 is 5.91 Å². The molecule has 1 aliphatic heterocycles. The molecule has 0 spiro atoms. The van der Waals surface area contributed by atoms with Crippen molar-refractivity contribution in [2.75, 3.05) is 13.1 Å². The summed E-state index contributed by atoms with van der Waals surface area (Å²) in [5, 5.41) is 14.2. The van der Waals surface area contributed by atoms with E-state index in [2.05, 4.69) is 15.1 Å². The Bertz CT molecular complexity index is 904. The molecular formula is C18H22F3N5O2. The van der Waals surface area contributed by atoms with E-state index in [0.717, 1.165) is 16.3 Å². The molecule has 2 aromatic rings. The van der Waals surface area contributed by atoms with E-state index in [1.165, 1.54) is 4.68 Å². The minimum absolute atomic E-state index is 0.101. The molecule has 152 valence electrons. The summed E-state index contributed by atoms with van der Waals surface area (Å²) in [5.74, 6) is -0.100. The summed E-state index contributed by atoms with van der Waals surface area (Å²) in [6.45, 7) is 6.28. The average molecular weight is 397 g/mol. The van der Waals surface area contributed by atoms with Gasteiger partial charge in [0.1, 0.15) is 0 Å². The van der Waals surface area contributed by atoms with Gasteiger partial charge in [0.2, 0.25) is 5.91 Å². The molecule has 0 saturated carbocycles. The fourth-order valence-electron chi connectivity index (χ4n) is 3.43. The summed E-state index contributed by atoms with van der Waals surface area (Å²) >= 11 is 0. The summed E-state index contributed by atoms with van der Waals surface area (Å²) < 4.78 is 40.5. The van der Waals surface area contributed by atoms with Crippen LogP contribution < -0.4 is 0 Å². The van der Waals surface area contributed by atoms with Crippen LogP contribution >= 0.6 is 0 Å². The number of nitrogens with zero attached hydrogens (tertiary/aromatic N) is 5. The fraction of sp³-hybridized carbons (Fsp3) is 0.556. The van der Waals surface area contributed by atoms with E-state index < -0.39 is 30.7 Å². The van der Waals surface area contributed by atoms with Gasteiger partial charge < -0.3 is 10.0 Å². The third-order valence-corrected chi connectivity index (χ3v) is 5.06. The van der Waals surface area contributed by atoms with Gasteiger partial charge in [0.05, 0.1) is 18.7 Å². The molecule has 1 N–H and O–H groups in total. The maximum absolute atomic E-state index is 13.0. The van der Waals surface area contributed by atoms with Crippen LogP contribution in [0.1, 0.15) is 34.8 Å². The zero-order valence-electron chi connectivity index (χ0n) is 16.1. The van der Waals surface area contributed by atoms with E-state index >= 15 is 0 Å². The number of amides is 1. The van der Waals surface area contributed by atoms with Crippen LogP contribution in [0.25, 0.3) is 5.95 Å². The topological polar surface area (TPSA) is 84.1 Å². The van der Waals surface area contributed by atoms with E-state index in [1.807, 2.05) is 19.9 Å². The molecule has 3 heterocycles. The van der Waals surface area contributed by atoms with Crippen LogP contribution in [-0.4, -0.2) is 60.5 Å². The number of carbonyl (C=O) groups excluding carboxylic acids is 1. The second-order valence-electron chi connectivity index (χ2n) is 7.28. The first-order chi connectivity index (χ1) is 12.9. The number of β-amino-alcohol motifs (C(OH)–C–C–N with tert-alkyl or cyclic N) is 1. The number of alkyl halides is 3. The van der Waals surface area contributed by atoms with E-state index in [4.69, 9.17) is 0 Å². The van der Waals surface area contributed by atoms with Gasteiger partial charge in [-0.2, -0.15) is 18.3 Å². The Morgan fingerprint density at radius 1 is 1.21 bits per heavy atom. The van der Waals surface area contributed by atoms with Crippen molar-refractivity contribution in [2.45, 2.75) is 52.3 Å². The quantitative estimate of drug-likeness (QED) is 0.856. The molecule has 3 rings (SSSR count). The van der Waals surface area contributed by atoms with Gasteiger partial charge in [-0.1, -0.05) is 0 Å². The van der Waals surface area contributed by atoms with E-state index in [1.54, 1.807) is 13.8 Å². The van der Waals surface area contributed by atoms with E-state index in [9.17, 15) is 23.1 Å². The highest BCUT2D eigenvalue weighted by molar-refractivity contribution is 5.79. The second kappa shape index (κ2) is 6.84. The number of aromatic nitrogens is 4. The lowest BCUT2D eigenvalue weighted by molar-refractivity contribution is -0.253. The van der Waals surface area contributed by atoms with Crippen molar-refractivity contribution in [3.8, 4) is 5.95 Å². The summed E-state index contributed by atoms with van der Waals surface area (Å²) in [6.07, 6.45) is -5.38. The van der Waals surface area contributed by atoms with E-state index in [0.29, 0.717) is 22.9 Å². The number of carbonyl (C=O) groups is 1. The third-order valence-electron chi connectivity index (χ3n) is 5.06. The molecule has 1 aliphatic rings. The van der Waals surface area contributed by atoms with Crippen molar-refractivity contribution in [2.24, 2.45) is 0 Å². The Labute approximate surface area is 160 Å². The number of hydrogen-bond donors (Lipinski definition) is 1. The van der Waals surface area contributed by atoms with Gasteiger partial charge in [-0.25, -0.2) is 14.6 Å². The monoisotopic (exact) mass is 397 g/mol. The van der Waals surface area contributed by atoms with Crippen LogP contribution in [0.5, 0.6) is 0 Å². The predicted molar refractivity (Wildman–Crippen MR) is 94.0 cm³/mol. The number of hydrogen-bond acceptors (Lipinski definition) is 5. The predicted octanol–water partition coefficient (Wildman–Crippen LogP) is 1.96. The smallest absolute Gasteiger partial charge is 0.379 e. The highest BCUT2D eigenvalue weighted by atomic mass is 19.4. The zero-order valence-corrected chi connectivity index (χ0v) is 16.1. The second-order valence-corrected chi connectivity index (χ2v) is 7.28. The van der Waals surface area contributed by atoms with Crippen LogP contribution in [-0.2, 0) is 11.2 Å². The van der Waals surface area contributed by atoms with Gasteiger partial charge in [0.15, 0.2) is 5.60 Å². The maximum Gasteiger partial charge on any atom is 0.419 e. The van der Waals surface area contributed by atoms with Gasteiger partial charge >= 0.3 is 6.18 Å². The molecule has 7 nitrogen and oxygen atoms in total. The van der Waals surface area contributed by atoms with Crippen molar-refractivity contribution in [1.82, 2.24) is 24.6 Å². The SMILES string of the molecule is Cc1cc(C)nc(-n2nc(C)c(CC(=O)N3CCC(O)(C(F)(F)F)C3)c2C)n1. The van der Waals surface area contributed by atoms with Gasteiger partial charge in [0, 0.05) is 35.6 Å². The molecule has 0 aromatic carbocycles. The van der Waals surface area contributed by atoms with Crippen LogP contribution in [0.2, 0.25) is 0 Å². The van der Waals surface area contributed by atoms with Crippen LogP contribution in [0.15, 0.2) is 6.07 Å². The summed E-state index contributed by atoms with van der Waals surface area (Å²) in [5.41, 5.74) is 0.562. The molecule has 1 unspecified atom stereocenters. The summed E-state index contributed by atoms with van der Waals surface area (Å²) in [6, 6.07) is 1.83. The number of aryl methyl sites for hydroxylation is 3. The van der Waals surface area contributed by atoms with Gasteiger partial charge in [-0.3, -0.25) is 4.79 Å². The zero-order chi connectivity index (χ0) is 20.9. The number of rotatable bonds is 3. The minimum Gasteiger partial charge on any atom is -0.379 e. The molecule has 2 aromatic heterocycles. The first-order valence-corrected chi connectivity index (χ1v) is 8.86. The Kier molecular flexibility index (Phi) is 4.95. The molecular weight excluding hydrogens is 375 g/mol. The van der Waals surface area contributed by atoms with Gasteiger partial charge in [-0.15, -0.1) is 0 Å². The van der Waals surface area contributed by atoms with Gasteiger partial charge in [-0.05, 0) is 33.8 Å². The molecule has 0 bridgehead atoms. The van der Waals surface area contributed by atoms with Crippen molar-refractivity contribution < 1.29 is 23.1 Å². The Morgan fingerprint density at radius 2 is 1.82 bits per heavy atom. The molecule has 28 heavy (non-hydrogen) atoms. The Hall–Kier alpha value is -2.49. The number of likely N-dealkylation sites (tertiary alicyclic amines) is 1. The average Bonchev–Trinajstić information content (AvgIpc) is 3.10. The Morgan fingerprint density at radius 3 is 2.36 bits per heavy atom. The van der Waals surface area contributed by atoms with Gasteiger partial charge in [0.25, 0.3) is 5.95 Å². The van der Waals surface area contributed by atoms with E-state index in [-0.39, 0.29) is 13.0 Å². The molecule has 0 radical (unpaired) electrons. The van der Waals surface area contributed by atoms with Crippen LogP contribution in [0.4, 0.5) is 13.2 Å². The molecule has 0 aliphatic carbocycles. The lowest BCUT2D eigenvalue weighted by atomic mass is 10.0. The minimum atomic E-state index is -4.76. The van der Waals surface area contributed by atoms with Crippen molar-refractivity contribution in [3.63, 3.8) is 0 Å². The highest BCUT2D eigenvalue weighted by Gasteiger charge is 2.57. The van der Waals surface area contributed by atoms with Crippen molar-refractivity contribution in [3.05, 3.63) is 34.4 Å². The number of halogens is 3. The number of aliphatic hydroxyl groups is 1. The molecule has 10 heteroatoms. The lowest BCUT2D eigenvalue weighted by Gasteiger charge is -2.25. The molecule has 1 saturated heterocycles. The normalized spacial score (nSPS) is 20.1. The first kappa shape index (κ1) is 20.2. The molecule has 1 atom stereocenters. The largest absolute Gasteiger partial charge is 0.419 e. The highest BCUT2D eigenvalue weighted by Crippen LogP contribution is 2.37. The van der Waals surface area contributed by atoms with Crippen LogP contribution in [0.3, 0.4) is 0 Å². The maximum atomic E-state index is 13.0. The lowest BCUT2D eigenvalue weighted by Crippen LogP contribution is -2.48. The third kappa shape index (κ3) is 3.60. The first-order valence-electron chi connectivity index (χ1n) is 8.86. The molecule has 1 fully saturated rings. The Balaban J connectivity index is 1.82. The fourth-order valence-corrected chi connectivity index (χ4v) is 3.43. The summed E-state index contributed by atoms with van der Waals surface area (Å²) in [4.78, 5) is 22.3. The standard InChI is InChI=1S/C18H22F3N5O2/c1-10-7-11(2)23-16(22-10)26-13(4)14(12(3)24-26)8-15(27)25-6-5-17(28,9-25)18(19,20)21/h7,28H,5-6,8-9H2,1-4H3.